The maximum atomic E-state index is 13.0. The zero-order valence-electron chi connectivity index (χ0n) is 40.3. The van der Waals surface area contributed by atoms with Gasteiger partial charge in [0.05, 0.1) is 51.4 Å². The van der Waals surface area contributed by atoms with E-state index >= 15 is 0 Å². The number of nitrogens with zero attached hydrogens (tertiary/aromatic N) is 8. The summed E-state index contributed by atoms with van der Waals surface area (Å²) in [5.74, 6) is 0. The van der Waals surface area contributed by atoms with Crippen LogP contribution < -0.4 is 14.8 Å². The number of fused-ring (bicyclic) bond motifs is 2. The molecule has 12 heteroatoms. The van der Waals surface area contributed by atoms with E-state index in [4.69, 9.17) is 4.98 Å². The molecule has 0 radical (unpaired) electrons. The van der Waals surface area contributed by atoms with Crippen molar-refractivity contribution >= 4 is 59.8 Å². The van der Waals surface area contributed by atoms with Crippen molar-refractivity contribution < 1.29 is 0 Å². The fourth-order valence-electron chi connectivity index (χ4n) is 8.67. The predicted octanol–water partition coefficient (Wildman–Crippen LogP) is 13.0. The number of pyridine rings is 4. The molecule has 4 aromatic carbocycles. The summed E-state index contributed by atoms with van der Waals surface area (Å²) in [6, 6.07) is 45.3. The van der Waals surface area contributed by atoms with Gasteiger partial charge in [-0.2, -0.15) is 21.0 Å². The SMILES string of the molecule is CCC[CH2][Sn]([CH2]CCC)([CH2]CCC)[c]1ccccn1.Cc1ccc(-n2c(=O)c(C#N)cc3ccc(-c4ccccn4)cc32)cc1C#N.Cc1ccc(-n2c(=O)c(C#N)cc3ccc(Br)cc32)cc1C#N. The van der Waals surface area contributed by atoms with Gasteiger partial charge >= 0.3 is 124 Å². The van der Waals surface area contributed by atoms with Crippen LogP contribution in [-0.4, -0.2) is 37.5 Å². The number of hydrogen-bond donors (Lipinski definition) is 0. The Labute approximate surface area is 422 Å². The number of nitriles is 4. The van der Waals surface area contributed by atoms with Crippen molar-refractivity contribution in [1.82, 2.24) is 19.1 Å². The van der Waals surface area contributed by atoms with Crippen molar-refractivity contribution in [3.8, 4) is 46.9 Å². The molecule has 10 nitrogen and oxygen atoms in total. The van der Waals surface area contributed by atoms with Gasteiger partial charge in [0.2, 0.25) is 0 Å². The van der Waals surface area contributed by atoms with Crippen molar-refractivity contribution in [1.29, 1.82) is 21.0 Å². The molecule has 8 rings (SSSR count). The molecule has 0 spiro atoms. The van der Waals surface area contributed by atoms with Crippen LogP contribution in [0.25, 0.3) is 44.4 Å². The molecule has 0 bridgehead atoms. The first-order chi connectivity index (χ1) is 34.0. The Hall–Kier alpha value is -7.16. The van der Waals surface area contributed by atoms with Crippen LogP contribution in [0.5, 0.6) is 0 Å². The maximum Gasteiger partial charge on any atom is 0.273 e. The molecule has 0 atom stereocenters. The Bertz CT molecular complexity index is 3410. The predicted molar refractivity (Wildman–Crippen MR) is 287 cm³/mol. The molecule has 4 aromatic heterocycles. The van der Waals surface area contributed by atoms with E-state index in [-0.39, 0.29) is 11.1 Å². The Morgan fingerprint density at radius 3 is 1.44 bits per heavy atom. The monoisotopic (exact) mass is 1090 g/mol. The summed E-state index contributed by atoms with van der Waals surface area (Å²) in [7, 11) is 0. The molecule has 70 heavy (non-hydrogen) atoms. The second kappa shape index (κ2) is 24.9. The molecule has 0 N–H and O–H groups in total. The van der Waals surface area contributed by atoms with E-state index in [1.54, 1.807) is 58.4 Å². The van der Waals surface area contributed by atoms with E-state index in [0.717, 1.165) is 37.6 Å². The molecule has 8 aromatic rings. The van der Waals surface area contributed by atoms with Crippen LogP contribution in [0.1, 0.15) is 92.7 Å². The summed E-state index contributed by atoms with van der Waals surface area (Å²) in [5.41, 5.74) is 6.05. The van der Waals surface area contributed by atoms with Crippen molar-refractivity contribution in [3.05, 3.63) is 192 Å². The van der Waals surface area contributed by atoms with Gasteiger partial charge in [0.25, 0.3) is 11.1 Å². The first-order valence-corrected chi connectivity index (χ1v) is 31.9. The summed E-state index contributed by atoms with van der Waals surface area (Å²) < 4.78 is 9.88. The largest absolute Gasteiger partial charge is 0.276 e. The maximum absolute atomic E-state index is 13.0. The van der Waals surface area contributed by atoms with Crippen LogP contribution in [0.4, 0.5) is 0 Å². The van der Waals surface area contributed by atoms with Gasteiger partial charge in [-0.15, -0.1) is 0 Å². The number of aryl methyl sites for hydroxylation is 2. The fourth-order valence-corrected chi connectivity index (χ4v) is 24.5. The smallest absolute Gasteiger partial charge is 0.273 e. The van der Waals surface area contributed by atoms with Crippen molar-refractivity contribution in [2.45, 2.75) is 86.5 Å². The summed E-state index contributed by atoms with van der Waals surface area (Å²) in [6.07, 6.45) is 12.0. The molecule has 350 valence electrons. The number of hydrogen-bond acceptors (Lipinski definition) is 8. The van der Waals surface area contributed by atoms with E-state index in [9.17, 15) is 30.6 Å². The standard InChI is InChI=1S/C23H14N4O.C18H10BrN3O.C5H4N.3C4H9.Sn/c1-15-5-8-20(11-18(15)13-24)27-22-12-16(21-4-2-3-9-26-21)6-7-17(22)10-19(14-25)23(27)28;1-11-2-5-16(7-13(11)9-20)22-17-8-15(19)4-3-12(17)6-14(10-21)18(22)23;1-2-4-6-5-3-1;3*1-3-4-2;/h2-12H,1H3;2-8H,1H3;1-4H;3*1,3-4H2,2H3;. The third kappa shape index (κ3) is 12.2. The average Bonchev–Trinajstić information content (AvgIpc) is 3.39. The molecular formula is C58H55BrN8O2Sn. The van der Waals surface area contributed by atoms with Gasteiger partial charge < -0.3 is 0 Å². The van der Waals surface area contributed by atoms with Crippen LogP contribution in [0.15, 0.2) is 148 Å². The Kier molecular flexibility index (Phi) is 18.6. The fraction of sp³-hybridized carbons (Fsp3) is 0.241. The number of rotatable bonds is 13. The van der Waals surface area contributed by atoms with Crippen molar-refractivity contribution in [2.75, 3.05) is 0 Å². The Morgan fingerprint density at radius 2 is 1.00 bits per heavy atom. The van der Waals surface area contributed by atoms with E-state index < -0.39 is 29.5 Å². The molecule has 0 aliphatic rings. The molecule has 0 fully saturated rings. The average molecular weight is 1090 g/mol. The minimum atomic E-state index is -2.21. The molecular weight excluding hydrogens is 1040 g/mol. The van der Waals surface area contributed by atoms with Gasteiger partial charge in [-0.05, 0) is 91.7 Å². The second-order valence-electron chi connectivity index (χ2n) is 17.3. The normalized spacial score (nSPS) is 10.7. The quantitative estimate of drug-likeness (QED) is 0.103. The van der Waals surface area contributed by atoms with Crippen LogP contribution >= 0.6 is 15.9 Å². The third-order valence-corrected chi connectivity index (χ3v) is 28.3. The van der Waals surface area contributed by atoms with Gasteiger partial charge in [0.15, 0.2) is 0 Å². The van der Waals surface area contributed by atoms with E-state index in [1.165, 1.54) is 61.0 Å². The third-order valence-electron chi connectivity index (χ3n) is 12.6. The minimum Gasteiger partial charge on any atom is -0.276 e. The minimum absolute atomic E-state index is 0.0529. The van der Waals surface area contributed by atoms with E-state index in [1.807, 2.05) is 86.8 Å². The molecule has 0 aliphatic heterocycles. The molecule has 0 unspecified atom stereocenters. The Balaban J connectivity index is 0.000000176. The zero-order valence-corrected chi connectivity index (χ0v) is 44.8. The number of unbranched alkanes of at least 4 members (excludes halogenated alkanes) is 3. The molecule has 0 saturated heterocycles. The molecule has 4 heterocycles. The first kappa shape index (κ1) is 52.2. The first-order valence-electron chi connectivity index (χ1n) is 23.7. The summed E-state index contributed by atoms with van der Waals surface area (Å²) in [5, 5.41) is 38.8. The van der Waals surface area contributed by atoms with Crippen LogP contribution in [0.2, 0.25) is 13.3 Å². The molecule has 0 saturated carbocycles. The molecule has 0 amide bonds. The van der Waals surface area contributed by atoms with Crippen molar-refractivity contribution in [2.24, 2.45) is 0 Å². The van der Waals surface area contributed by atoms with Crippen LogP contribution in [-0.2, 0) is 0 Å². The van der Waals surface area contributed by atoms with Gasteiger partial charge in [-0.3, -0.25) is 23.7 Å². The number of aromatic nitrogens is 4. The van der Waals surface area contributed by atoms with Gasteiger partial charge in [0.1, 0.15) is 23.3 Å². The topological polar surface area (TPSA) is 165 Å². The summed E-state index contributed by atoms with van der Waals surface area (Å²) >= 11 is 1.20. The Morgan fingerprint density at radius 1 is 0.529 bits per heavy atom. The van der Waals surface area contributed by atoms with Gasteiger partial charge in [0, 0.05) is 27.0 Å². The summed E-state index contributed by atoms with van der Waals surface area (Å²) in [6.45, 7) is 10.7. The summed E-state index contributed by atoms with van der Waals surface area (Å²) in [4.78, 5) is 34.8. The zero-order chi connectivity index (χ0) is 50.2. The van der Waals surface area contributed by atoms with Crippen LogP contribution in [0, 0.1) is 59.2 Å². The second-order valence-corrected chi connectivity index (χ2v) is 31.3. The van der Waals surface area contributed by atoms with Crippen LogP contribution in [0.3, 0.4) is 0 Å². The number of benzene rings is 4. The van der Waals surface area contributed by atoms with Gasteiger partial charge in [-0.1, -0.05) is 52.3 Å². The molecule has 0 aliphatic carbocycles. The van der Waals surface area contributed by atoms with E-state index in [2.05, 4.69) is 72.0 Å². The van der Waals surface area contributed by atoms with Crippen molar-refractivity contribution in [3.63, 3.8) is 0 Å². The number of halogens is 1. The van der Waals surface area contributed by atoms with E-state index in [0.29, 0.717) is 33.5 Å². The van der Waals surface area contributed by atoms with Gasteiger partial charge in [-0.25, -0.2) is 0 Å².